The van der Waals surface area contributed by atoms with Gasteiger partial charge in [-0.25, -0.2) is 22.5 Å². The molecule has 0 atom stereocenters. The lowest BCUT2D eigenvalue weighted by molar-refractivity contribution is 0.581. The Labute approximate surface area is 186 Å². The normalized spacial score (nSPS) is 14.6. The van der Waals surface area contributed by atoms with E-state index in [1.807, 2.05) is 6.07 Å². The summed E-state index contributed by atoms with van der Waals surface area (Å²) in [6.07, 6.45) is 1.69. The van der Waals surface area contributed by atoms with E-state index in [1.54, 1.807) is 36.5 Å². The summed E-state index contributed by atoms with van der Waals surface area (Å²) in [7, 11) is -3.66. The maximum Gasteiger partial charge on any atom is 0.240 e. The second kappa shape index (κ2) is 9.21. The van der Waals surface area contributed by atoms with Gasteiger partial charge in [0.1, 0.15) is 11.6 Å². The van der Waals surface area contributed by atoms with Gasteiger partial charge in [0.05, 0.1) is 4.90 Å². The van der Waals surface area contributed by atoms with Crippen molar-refractivity contribution < 1.29 is 12.8 Å². The fourth-order valence-electron chi connectivity index (χ4n) is 3.48. The van der Waals surface area contributed by atoms with Crippen LogP contribution in [0, 0.1) is 5.82 Å². The highest BCUT2D eigenvalue weighted by molar-refractivity contribution is 7.89. The minimum absolute atomic E-state index is 0.131. The summed E-state index contributed by atoms with van der Waals surface area (Å²) in [5.74, 6) is 0.563. The molecule has 6 nitrogen and oxygen atoms in total. The first kappa shape index (κ1) is 21.5. The summed E-state index contributed by atoms with van der Waals surface area (Å²) in [6.45, 7) is 3.27. The molecule has 1 aliphatic rings. The number of sulfonamides is 1. The number of rotatable bonds is 6. The molecule has 0 aliphatic carbocycles. The van der Waals surface area contributed by atoms with Crippen molar-refractivity contribution in [1.82, 2.24) is 9.71 Å². The quantitative estimate of drug-likeness (QED) is 0.608. The third-order valence-corrected chi connectivity index (χ3v) is 6.81. The second-order valence-corrected chi connectivity index (χ2v) is 9.46. The number of nitrogens with zero attached hydrogens (tertiary/aromatic N) is 3. The van der Waals surface area contributed by atoms with Gasteiger partial charge in [-0.15, -0.1) is 0 Å². The first-order valence-corrected chi connectivity index (χ1v) is 11.7. The predicted molar refractivity (Wildman–Crippen MR) is 121 cm³/mol. The van der Waals surface area contributed by atoms with Crippen LogP contribution in [0.15, 0.2) is 71.8 Å². The molecule has 4 rings (SSSR count). The Kier molecular flexibility index (Phi) is 6.41. The Morgan fingerprint density at radius 1 is 0.968 bits per heavy atom. The fraction of sp³-hybridized carbons (Fsp3) is 0.227. The van der Waals surface area contributed by atoms with Crippen LogP contribution in [0.3, 0.4) is 0 Å². The van der Waals surface area contributed by atoms with Crippen molar-refractivity contribution in [3.63, 3.8) is 0 Å². The molecule has 1 saturated heterocycles. The summed E-state index contributed by atoms with van der Waals surface area (Å²) >= 11 is 5.91. The molecule has 3 aromatic rings. The monoisotopic (exact) mass is 460 g/mol. The standard InChI is InChI=1S/C22H22ClFN4O2S/c23-18-2-1-3-21(15-18)31(29,30)26-16-17-8-9-25-22(14-17)28-12-10-27(11-13-28)20-6-4-19(24)5-7-20/h1-9,14-15,26H,10-13,16H2. The van der Waals surface area contributed by atoms with E-state index in [0.29, 0.717) is 5.02 Å². The minimum Gasteiger partial charge on any atom is -0.368 e. The highest BCUT2D eigenvalue weighted by Gasteiger charge is 2.19. The Morgan fingerprint density at radius 2 is 1.68 bits per heavy atom. The van der Waals surface area contributed by atoms with Gasteiger partial charge in [0.15, 0.2) is 0 Å². The van der Waals surface area contributed by atoms with Gasteiger partial charge >= 0.3 is 0 Å². The zero-order valence-corrected chi connectivity index (χ0v) is 18.3. The molecule has 2 heterocycles. The van der Waals surface area contributed by atoms with Crippen molar-refractivity contribution in [3.05, 3.63) is 83.3 Å². The van der Waals surface area contributed by atoms with Crippen molar-refractivity contribution >= 4 is 33.1 Å². The van der Waals surface area contributed by atoms with Crippen LogP contribution in [0.2, 0.25) is 5.02 Å². The van der Waals surface area contributed by atoms with Crippen molar-refractivity contribution in [1.29, 1.82) is 0 Å². The summed E-state index contributed by atoms with van der Waals surface area (Å²) < 4.78 is 40.8. The number of hydrogen-bond acceptors (Lipinski definition) is 5. The number of piperazine rings is 1. The van der Waals surface area contributed by atoms with Crippen molar-refractivity contribution in [2.24, 2.45) is 0 Å². The molecule has 31 heavy (non-hydrogen) atoms. The molecule has 0 radical (unpaired) electrons. The van der Waals surface area contributed by atoms with Crippen molar-refractivity contribution in [2.75, 3.05) is 36.0 Å². The number of pyridine rings is 1. The van der Waals surface area contributed by atoms with Gasteiger partial charge in [-0.3, -0.25) is 0 Å². The lowest BCUT2D eigenvalue weighted by Crippen LogP contribution is -2.46. The molecule has 0 unspecified atom stereocenters. The van der Waals surface area contributed by atoms with Crippen LogP contribution in [-0.4, -0.2) is 39.6 Å². The average molecular weight is 461 g/mol. The minimum atomic E-state index is -3.66. The molecule has 0 spiro atoms. The zero-order chi connectivity index (χ0) is 21.8. The van der Waals surface area contributed by atoms with Gasteiger partial charge in [0, 0.05) is 49.6 Å². The molecule has 162 valence electrons. The number of aromatic nitrogens is 1. The first-order chi connectivity index (χ1) is 14.9. The molecule has 9 heteroatoms. The van der Waals surface area contributed by atoms with E-state index >= 15 is 0 Å². The van der Waals surface area contributed by atoms with E-state index < -0.39 is 10.0 Å². The topological polar surface area (TPSA) is 65.5 Å². The molecular weight excluding hydrogens is 439 g/mol. The lowest BCUT2D eigenvalue weighted by Gasteiger charge is -2.36. The molecule has 1 aliphatic heterocycles. The van der Waals surface area contributed by atoms with E-state index in [-0.39, 0.29) is 17.3 Å². The third kappa shape index (κ3) is 5.33. The largest absolute Gasteiger partial charge is 0.368 e. The van der Waals surface area contributed by atoms with E-state index in [4.69, 9.17) is 11.6 Å². The molecule has 1 aromatic heterocycles. The van der Waals surface area contributed by atoms with Crippen LogP contribution in [0.1, 0.15) is 5.56 Å². The van der Waals surface area contributed by atoms with Gasteiger partial charge in [-0.05, 0) is 60.2 Å². The van der Waals surface area contributed by atoms with Gasteiger partial charge in [-0.2, -0.15) is 0 Å². The van der Waals surface area contributed by atoms with Gasteiger partial charge in [0.2, 0.25) is 10.0 Å². The van der Waals surface area contributed by atoms with Crippen molar-refractivity contribution in [2.45, 2.75) is 11.4 Å². The highest BCUT2D eigenvalue weighted by Crippen LogP contribution is 2.21. The third-order valence-electron chi connectivity index (χ3n) is 5.18. The number of hydrogen-bond donors (Lipinski definition) is 1. The van der Waals surface area contributed by atoms with Crippen LogP contribution >= 0.6 is 11.6 Å². The lowest BCUT2D eigenvalue weighted by atomic mass is 10.2. The molecule has 2 aromatic carbocycles. The smallest absolute Gasteiger partial charge is 0.240 e. The maximum absolute atomic E-state index is 13.1. The van der Waals surface area contributed by atoms with Crippen molar-refractivity contribution in [3.8, 4) is 0 Å². The Balaban J connectivity index is 1.38. The number of benzene rings is 2. The van der Waals surface area contributed by atoms with Gasteiger partial charge < -0.3 is 9.80 Å². The summed E-state index contributed by atoms with van der Waals surface area (Å²) in [5, 5.41) is 0.369. The first-order valence-electron chi connectivity index (χ1n) is 9.86. The second-order valence-electron chi connectivity index (χ2n) is 7.25. The molecular formula is C22H22ClFN4O2S. The maximum atomic E-state index is 13.1. The van der Waals surface area contributed by atoms with E-state index in [1.165, 1.54) is 24.3 Å². The predicted octanol–water partition coefficient (Wildman–Crippen LogP) is 3.68. The SMILES string of the molecule is O=S(=O)(NCc1ccnc(N2CCN(c3ccc(F)cc3)CC2)c1)c1cccc(Cl)c1. The summed E-state index contributed by atoms with van der Waals surface area (Å²) in [5.41, 5.74) is 1.81. The molecule has 1 N–H and O–H groups in total. The van der Waals surface area contributed by atoms with Gasteiger partial charge in [0.25, 0.3) is 0 Å². The summed E-state index contributed by atoms with van der Waals surface area (Å²) in [6, 6.07) is 16.4. The molecule has 1 fully saturated rings. The number of nitrogens with one attached hydrogen (secondary N) is 1. The Morgan fingerprint density at radius 3 is 2.39 bits per heavy atom. The van der Waals surface area contributed by atoms with E-state index in [0.717, 1.165) is 43.2 Å². The number of halogens is 2. The summed E-state index contributed by atoms with van der Waals surface area (Å²) in [4.78, 5) is 8.95. The van der Waals surface area contributed by atoms with Crippen LogP contribution < -0.4 is 14.5 Å². The van der Waals surface area contributed by atoms with E-state index in [2.05, 4.69) is 19.5 Å². The molecule has 0 amide bonds. The molecule has 0 bridgehead atoms. The fourth-order valence-corrected chi connectivity index (χ4v) is 4.80. The number of anilines is 2. The molecule has 0 saturated carbocycles. The van der Waals surface area contributed by atoms with Crippen LogP contribution in [0.4, 0.5) is 15.9 Å². The Bertz CT molecular complexity index is 1150. The van der Waals surface area contributed by atoms with Gasteiger partial charge in [-0.1, -0.05) is 17.7 Å². The highest BCUT2D eigenvalue weighted by atomic mass is 35.5. The van der Waals surface area contributed by atoms with Crippen LogP contribution in [0.25, 0.3) is 0 Å². The average Bonchev–Trinajstić information content (AvgIpc) is 2.79. The zero-order valence-electron chi connectivity index (χ0n) is 16.7. The van der Waals surface area contributed by atoms with Crippen LogP contribution in [0.5, 0.6) is 0 Å². The van der Waals surface area contributed by atoms with Crippen LogP contribution in [-0.2, 0) is 16.6 Å². The Hall–Kier alpha value is -2.68. The van der Waals surface area contributed by atoms with E-state index in [9.17, 15) is 12.8 Å².